The van der Waals surface area contributed by atoms with Crippen molar-refractivity contribution < 1.29 is 19.1 Å². The number of rotatable bonds is 4. The fourth-order valence-electron chi connectivity index (χ4n) is 3.83. The fraction of sp³-hybridized carbons (Fsp3) is 0.632. The number of piperidine rings is 1. The van der Waals surface area contributed by atoms with Gasteiger partial charge in [0, 0.05) is 24.4 Å². The molecule has 1 aliphatic heterocycles. The molecule has 1 fully saturated rings. The second kappa shape index (κ2) is 8.20. The highest BCUT2D eigenvalue weighted by Gasteiger charge is 2.31. The number of carbonyl (C=O) groups excluding carboxylic acids is 3. The summed E-state index contributed by atoms with van der Waals surface area (Å²) in [6, 6.07) is 0. The van der Waals surface area contributed by atoms with Crippen LogP contribution in [0.4, 0.5) is 5.00 Å². The Kier molecular flexibility index (Phi) is 5.96. The van der Waals surface area contributed by atoms with Crippen LogP contribution in [-0.4, -0.2) is 42.9 Å². The van der Waals surface area contributed by atoms with Crippen molar-refractivity contribution in [1.29, 1.82) is 0 Å². The number of fused-ring (bicyclic) bond motifs is 1. The maximum absolute atomic E-state index is 12.8. The van der Waals surface area contributed by atoms with Crippen molar-refractivity contribution in [2.45, 2.75) is 51.9 Å². The molecule has 1 saturated heterocycles. The largest absolute Gasteiger partial charge is 0.465 e. The van der Waals surface area contributed by atoms with Crippen LogP contribution in [0.3, 0.4) is 0 Å². The van der Waals surface area contributed by atoms with E-state index in [9.17, 15) is 14.4 Å². The number of nitrogens with zero attached hydrogens (tertiary/aromatic N) is 1. The zero-order valence-corrected chi connectivity index (χ0v) is 16.2. The van der Waals surface area contributed by atoms with Crippen LogP contribution in [0.1, 0.15) is 59.8 Å². The van der Waals surface area contributed by atoms with Gasteiger partial charge in [0.15, 0.2) is 0 Å². The Balaban J connectivity index is 1.78. The van der Waals surface area contributed by atoms with Crippen molar-refractivity contribution in [2.24, 2.45) is 5.92 Å². The van der Waals surface area contributed by atoms with Crippen LogP contribution in [0.5, 0.6) is 0 Å². The SMILES string of the molecule is CCC(=O)N1CCCC(C(=O)Nc2sc3c(c2C(=O)OC)CCCC3)C1. The molecule has 0 bridgehead atoms. The Morgan fingerprint density at radius 1 is 1.23 bits per heavy atom. The van der Waals surface area contributed by atoms with E-state index >= 15 is 0 Å². The third kappa shape index (κ3) is 3.77. The number of ether oxygens (including phenoxy) is 1. The van der Waals surface area contributed by atoms with Gasteiger partial charge in [0.2, 0.25) is 11.8 Å². The topological polar surface area (TPSA) is 75.7 Å². The van der Waals surface area contributed by atoms with E-state index in [1.54, 1.807) is 4.90 Å². The Morgan fingerprint density at radius 2 is 2.00 bits per heavy atom. The van der Waals surface area contributed by atoms with Gasteiger partial charge in [-0.3, -0.25) is 9.59 Å². The first-order chi connectivity index (χ1) is 12.5. The first kappa shape index (κ1) is 18.9. The number of anilines is 1. The van der Waals surface area contributed by atoms with Crippen molar-refractivity contribution in [3.05, 3.63) is 16.0 Å². The number of amides is 2. The van der Waals surface area contributed by atoms with Crippen LogP contribution in [-0.2, 0) is 27.2 Å². The van der Waals surface area contributed by atoms with E-state index in [0.29, 0.717) is 23.5 Å². The summed E-state index contributed by atoms with van der Waals surface area (Å²) in [6.45, 7) is 3.01. The van der Waals surface area contributed by atoms with Gasteiger partial charge in [-0.2, -0.15) is 0 Å². The third-order valence-corrected chi connectivity index (χ3v) is 6.45. The normalized spacial score (nSPS) is 19.6. The molecule has 142 valence electrons. The molecule has 1 atom stereocenters. The predicted molar refractivity (Wildman–Crippen MR) is 101 cm³/mol. The quantitative estimate of drug-likeness (QED) is 0.817. The molecule has 6 nitrogen and oxygen atoms in total. The van der Waals surface area contributed by atoms with Gasteiger partial charge in [-0.25, -0.2) is 4.79 Å². The molecule has 2 aliphatic rings. The lowest BCUT2D eigenvalue weighted by atomic mass is 9.95. The van der Waals surface area contributed by atoms with Gasteiger partial charge >= 0.3 is 5.97 Å². The van der Waals surface area contributed by atoms with E-state index in [-0.39, 0.29) is 23.7 Å². The Hall–Kier alpha value is -1.89. The zero-order valence-electron chi connectivity index (χ0n) is 15.4. The molecule has 1 N–H and O–H groups in total. The number of thiophene rings is 1. The minimum atomic E-state index is -0.383. The summed E-state index contributed by atoms with van der Waals surface area (Å²) >= 11 is 1.50. The van der Waals surface area contributed by atoms with Gasteiger partial charge in [0.1, 0.15) is 5.00 Å². The molecule has 1 aromatic rings. The maximum Gasteiger partial charge on any atom is 0.341 e. The lowest BCUT2D eigenvalue weighted by Gasteiger charge is -2.31. The number of hydrogen-bond acceptors (Lipinski definition) is 5. The summed E-state index contributed by atoms with van der Waals surface area (Å²) in [5.41, 5.74) is 1.56. The van der Waals surface area contributed by atoms with E-state index < -0.39 is 0 Å². The monoisotopic (exact) mass is 378 g/mol. The van der Waals surface area contributed by atoms with Crippen LogP contribution in [0.25, 0.3) is 0 Å². The molecule has 1 unspecified atom stereocenters. The average Bonchev–Trinajstić information content (AvgIpc) is 3.04. The number of esters is 1. The number of methoxy groups -OCH3 is 1. The van der Waals surface area contributed by atoms with Gasteiger partial charge in [0.25, 0.3) is 0 Å². The Labute approximate surface area is 157 Å². The van der Waals surface area contributed by atoms with Gasteiger partial charge in [-0.05, 0) is 44.1 Å². The van der Waals surface area contributed by atoms with Crippen molar-refractivity contribution >= 4 is 34.1 Å². The number of nitrogens with one attached hydrogen (secondary N) is 1. The number of hydrogen-bond donors (Lipinski definition) is 1. The number of aryl methyl sites for hydroxylation is 1. The minimum absolute atomic E-state index is 0.0873. The van der Waals surface area contributed by atoms with Crippen LogP contribution in [0, 0.1) is 5.92 Å². The third-order valence-electron chi connectivity index (χ3n) is 5.24. The molecule has 1 aromatic heterocycles. The molecule has 0 spiro atoms. The highest BCUT2D eigenvalue weighted by molar-refractivity contribution is 7.17. The summed E-state index contributed by atoms with van der Waals surface area (Å²) in [4.78, 5) is 40.0. The van der Waals surface area contributed by atoms with Crippen LogP contribution < -0.4 is 5.32 Å². The Bertz CT molecular complexity index is 713. The van der Waals surface area contributed by atoms with E-state index in [0.717, 1.165) is 50.6 Å². The summed E-state index contributed by atoms with van der Waals surface area (Å²) in [6.07, 6.45) is 6.01. The lowest BCUT2D eigenvalue weighted by Crippen LogP contribution is -2.43. The standard InChI is InChI=1S/C19H26N2O4S/c1-3-15(22)21-10-6-7-12(11-21)17(23)20-18-16(19(24)25-2)13-8-4-5-9-14(13)26-18/h12H,3-11H2,1-2H3,(H,20,23). The smallest absolute Gasteiger partial charge is 0.341 e. The molecular weight excluding hydrogens is 352 g/mol. The van der Waals surface area contributed by atoms with Crippen molar-refractivity contribution in [3.8, 4) is 0 Å². The highest BCUT2D eigenvalue weighted by Crippen LogP contribution is 2.39. The molecule has 3 rings (SSSR count). The van der Waals surface area contributed by atoms with Crippen molar-refractivity contribution in [2.75, 3.05) is 25.5 Å². The van der Waals surface area contributed by atoms with Gasteiger partial charge in [-0.15, -0.1) is 11.3 Å². The molecule has 2 amide bonds. The lowest BCUT2D eigenvalue weighted by molar-refractivity contribution is -0.134. The van der Waals surface area contributed by atoms with Crippen molar-refractivity contribution in [3.63, 3.8) is 0 Å². The summed E-state index contributed by atoms with van der Waals surface area (Å²) in [5, 5.41) is 3.58. The molecule has 7 heteroatoms. The predicted octanol–water partition coefficient (Wildman–Crippen LogP) is 3.00. The number of likely N-dealkylation sites (tertiary alicyclic amines) is 1. The fourth-order valence-corrected chi connectivity index (χ4v) is 5.11. The van der Waals surface area contributed by atoms with E-state index in [4.69, 9.17) is 4.74 Å². The molecule has 0 saturated carbocycles. The van der Waals surface area contributed by atoms with E-state index in [2.05, 4.69) is 5.32 Å². The number of carbonyl (C=O) groups is 3. The van der Waals surface area contributed by atoms with Gasteiger partial charge < -0.3 is 15.0 Å². The Morgan fingerprint density at radius 3 is 2.73 bits per heavy atom. The molecule has 2 heterocycles. The molecule has 0 aromatic carbocycles. The minimum Gasteiger partial charge on any atom is -0.465 e. The summed E-state index contributed by atoms with van der Waals surface area (Å²) in [5.74, 6) is -0.637. The van der Waals surface area contributed by atoms with Gasteiger partial charge in [0.05, 0.1) is 18.6 Å². The van der Waals surface area contributed by atoms with Crippen LogP contribution in [0.2, 0.25) is 0 Å². The zero-order chi connectivity index (χ0) is 18.7. The second-order valence-corrected chi connectivity index (χ2v) is 8.03. The van der Waals surface area contributed by atoms with E-state index in [1.807, 2.05) is 6.92 Å². The second-order valence-electron chi connectivity index (χ2n) is 6.93. The first-order valence-corrected chi connectivity index (χ1v) is 10.2. The van der Waals surface area contributed by atoms with E-state index in [1.165, 1.54) is 23.3 Å². The van der Waals surface area contributed by atoms with Gasteiger partial charge in [-0.1, -0.05) is 6.92 Å². The van der Waals surface area contributed by atoms with Crippen LogP contribution >= 0.6 is 11.3 Å². The average molecular weight is 378 g/mol. The summed E-state index contributed by atoms with van der Waals surface area (Å²) in [7, 11) is 1.37. The van der Waals surface area contributed by atoms with Crippen LogP contribution in [0.15, 0.2) is 0 Å². The molecule has 0 radical (unpaired) electrons. The maximum atomic E-state index is 12.8. The highest BCUT2D eigenvalue weighted by atomic mass is 32.1. The first-order valence-electron chi connectivity index (χ1n) is 9.36. The molecular formula is C19H26N2O4S. The molecule has 1 aliphatic carbocycles. The van der Waals surface area contributed by atoms with Crippen molar-refractivity contribution in [1.82, 2.24) is 4.90 Å². The molecule has 26 heavy (non-hydrogen) atoms. The summed E-state index contributed by atoms with van der Waals surface area (Å²) < 4.78 is 4.96.